The molecule has 1 saturated heterocycles. The fraction of sp³-hybridized carbons (Fsp3) is 0.600. The lowest BCUT2D eigenvalue weighted by atomic mass is 10.1. The highest BCUT2D eigenvalue weighted by molar-refractivity contribution is 5.51. The molecule has 6 nitrogen and oxygen atoms in total. The van der Waals surface area contributed by atoms with Gasteiger partial charge in [0.25, 0.3) is 5.56 Å². The van der Waals surface area contributed by atoms with E-state index in [2.05, 4.69) is 9.97 Å². The third kappa shape index (κ3) is 2.01. The van der Waals surface area contributed by atoms with Crippen molar-refractivity contribution >= 4 is 5.82 Å². The Kier molecular flexibility index (Phi) is 3.09. The van der Waals surface area contributed by atoms with Crippen LogP contribution in [0.5, 0.6) is 5.75 Å². The van der Waals surface area contributed by atoms with E-state index < -0.39 is 0 Å². The number of aromatic amines is 1. The fourth-order valence-electron chi connectivity index (χ4n) is 1.99. The Morgan fingerprint density at radius 1 is 1.69 bits per heavy atom. The van der Waals surface area contributed by atoms with Crippen LogP contribution < -0.4 is 20.9 Å². The van der Waals surface area contributed by atoms with Gasteiger partial charge in [-0.2, -0.15) is 0 Å². The first-order chi connectivity index (χ1) is 7.72. The second-order valence-corrected chi connectivity index (χ2v) is 3.94. The number of anilines is 1. The fourth-order valence-corrected chi connectivity index (χ4v) is 1.99. The molecule has 0 amide bonds. The number of methoxy groups -OCH3 is 1. The molecule has 1 atom stereocenters. The number of hydrogen-bond acceptors (Lipinski definition) is 5. The van der Waals surface area contributed by atoms with E-state index in [-0.39, 0.29) is 17.4 Å². The van der Waals surface area contributed by atoms with Gasteiger partial charge in [0.05, 0.1) is 13.4 Å². The van der Waals surface area contributed by atoms with Gasteiger partial charge in [-0.15, -0.1) is 0 Å². The standard InChI is InChI=1S/C10H16N4O2/c1-16-8-9(12-6-13-10(8)15)14-4-2-3-7(11)5-14/h6-7H,2-5,11H2,1H3,(H,12,13,15)/t7-/m1/s1. The van der Waals surface area contributed by atoms with Gasteiger partial charge >= 0.3 is 0 Å². The number of aromatic nitrogens is 2. The summed E-state index contributed by atoms with van der Waals surface area (Å²) in [6.45, 7) is 1.58. The second kappa shape index (κ2) is 4.52. The average Bonchev–Trinajstić information content (AvgIpc) is 2.28. The number of hydrogen-bond donors (Lipinski definition) is 2. The van der Waals surface area contributed by atoms with E-state index in [1.54, 1.807) is 0 Å². The molecule has 1 aliphatic rings. The molecule has 16 heavy (non-hydrogen) atoms. The van der Waals surface area contributed by atoms with E-state index in [9.17, 15) is 4.79 Å². The Labute approximate surface area is 93.4 Å². The predicted molar refractivity (Wildman–Crippen MR) is 60.8 cm³/mol. The van der Waals surface area contributed by atoms with Crippen molar-refractivity contribution in [2.75, 3.05) is 25.1 Å². The highest BCUT2D eigenvalue weighted by atomic mass is 16.5. The van der Waals surface area contributed by atoms with Gasteiger partial charge in [-0.05, 0) is 12.8 Å². The Hall–Kier alpha value is -1.56. The van der Waals surface area contributed by atoms with Crippen molar-refractivity contribution in [2.24, 2.45) is 5.73 Å². The molecule has 0 bridgehead atoms. The number of ether oxygens (including phenoxy) is 1. The minimum atomic E-state index is -0.258. The molecule has 0 aromatic carbocycles. The highest BCUT2D eigenvalue weighted by Crippen LogP contribution is 2.23. The van der Waals surface area contributed by atoms with Crippen LogP contribution in [0.3, 0.4) is 0 Å². The summed E-state index contributed by atoms with van der Waals surface area (Å²) in [4.78, 5) is 20.2. The minimum absolute atomic E-state index is 0.138. The molecule has 2 rings (SSSR count). The molecule has 1 fully saturated rings. The van der Waals surface area contributed by atoms with Crippen molar-refractivity contribution in [3.8, 4) is 5.75 Å². The molecule has 0 radical (unpaired) electrons. The highest BCUT2D eigenvalue weighted by Gasteiger charge is 2.22. The quantitative estimate of drug-likeness (QED) is 0.721. The summed E-state index contributed by atoms with van der Waals surface area (Å²) < 4.78 is 5.08. The molecule has 1 aromatic heterocycles. The molecule has 0 spiro atoms. The van der Waals surface area contributed by atoms with Crippen molar-refractivity contribution in [2.45, 2.75) is 18.9 Å². The normalized spacial score (nSPS) is 20.9. The number of nitrogens with zero attached hydrogens (tertiary/aromatic N) is 2. The number of nitrogens with one attached hydrogen (secondary N) is 1. The van der Waals surface area contributed by atoms with Gasteiger partial charge < -0.3 is 20.4 Å². The van der Waals surface area contributed by atoms with Crippen LogP contribution in [0.4, 0.5) is 5.82 Å². The van der Waals surface area contributed by atoms with Gasteiger partial charge in [-0.1, -0.05) is 0 Å². The third-order valence-electron chi connectivity index (χ3n) is 2.75. The Bertz CT molecular complexity index is 418. The maximum absolute atomic E-state index is 11.5. The van der Waals surface area contributed by atoms with Crippen LogP contribution in [0.2, 0.25) is 0 Å². The first kappa shape index (κ1) is 10.9. The largest absolute Gasteiger partial charge is 0.489 e. The van der Waals surface area contributed by atoms with Gasteiger partial charge in [-0.3, -0.25) is 4.79 Å². The summed E-state index contributed by atoms with van der Waals surface area (Å²) in [6, 6.07) is 0.138. The van der Waals surface area contributed by atoms with Gasteiger partial charge in [-0.25, -0.2) is 4.98 Å². The number of rotatable bonds is 2. The SMILES string of the molecule is COc1c(N2CCC[C@@H](N)C2)nc[nH]c1=O. The van der Waals surface area contributed by atoms with E-state index in [0.29, 0.717) is 12.4 Å². The van der Waals surface area contributed by atoms with E-state index in [4.69, 9.17) is 10.5 Å². The molecular weight excluding hydrogens is 208 g/mol. The van der Waals surface area contributed by atoms with E-state index >= 15 is 0 Å². The first-order valence-corrected chi connectivity index (χ1v) is 5.34. The Morgan fingerprint density at radius 3 is 3.19 bits per heavy atom. The molecule has 88 valence electrons. The minimum Gasteiger partial charge on any atom is -0.489 e. The molecule has 1 aliphatic heterocycles. The van der Waals surface area contributed by atoms with E-state index in [0.717, 1.165) is 19.4 Å². The van der Waals surface area contributed by atoms with Crippen LogP contribution in [-0.2, 0) is 0 Å². The summed E-state index contributed by atoms with van der Waals surface area (Å²) in [5.41, 5.74) is 5.64. The third-order valence-corrected chi connectivity index (χ3v) is 2.75. The summed E-state index contributed by atoms with van der Waals surface area (Å²) in [7, 11) is 1.47. The lowest BCUT2D eigenvalue weighted by Crippen LogP contribution is -2.43. The summed E-state index contributed by atoms with van der Waals surface area (Å²) in [5.74, 6) is 0.845. The Morgan fingerprint density at radius 2 is 2.50 bits per heavy atom. The van der Waals surface area contributed by atoms with Crippen molar-refractivity contribution in [3.05, 3.63) is 16.7 Å². The number of H-pyrrole nitrogens is 1. The van der Waals surface area contributed by atoms with Gasteiger partial charge in [0.1, 0.15) is 0 Å². The van der Waals surface area contributed by atoms with Crippen LogP contribution in [0, 0.1) is 0 Å². The molecule has 1 aromatic rings. The number of piperidine rings is 1. The Balaban J connectivity index is 2.32. The lowest BCUT2D eigenvalue weighted by molar-refractivity contribution is 0.401. The maximum atomic E-state index is 11.5. The van der Waals surface area contributed by atoms with E-state index in [1.165, 1.54) is 13.4 Å². The van der Waals surface area contributed by atoms with E-state index in [1.807, 2.05) is 4.90 Å². The van der Waals surface area contributed by atoms with Crippen LogP contribution in [0.25, 0.3) is 0 Å². The topological polar surface area (TPSA) is 84.2 Å². The maximum Gasteiger partial charge on any atom is 0.295 e. The first-order valence-electron chi connectivity index (χ1n) is 5.34. The molecule has 3 N–H and O–H groups in total. The van der Waals surface area contributed by atoms with Crippen molar-refractivity contribution in [1.29, 1.82) is 0 Å². The monoisotopic (exact) mass is 224 g/mol. The molecule has 0 saturated carbocycles. The number of nitrogens with two attached hydrogens (primary N) is 1. The molecule has 2 heterocycles. The van der Waals surface area contributed by atoms with Crippen LogP contribution in [0.1, 0.15) is 12.8 Å². The zero-order valence-electron chi connectivity index (χ0n) is 9.27. The summed E-state index contributed by atoms with van der Waals surface area (Å²) in [5, 5.41) is 0. The van der Waals surface area contributed by atoms with Crippen molar-refractivity contribution in [1.82, 2.24) is 9.97 Å². The zero-order chi connectivity index (χ0) is 11.5. The predicted octanol–water partition coefficient (Wildman–Crippen LogP) is -0.294. The average molecular weight is 224 g/mol. The molecule has 0 aliphatic carbocycles. The zero-order valence-corrected chi connectivity index (χ0v) is 9.27. The van der Waals surface area contributed by atoms with Crippen LogP contribution in [0.15, 0.2) is 11.1 Å². The summed E-state index contributed by atoms with van der Waals surface area (Å²) in [6.07, 6.45) is 3.42. The van der Waals surface area contributed by atoms with Crippen molar-refractivity contribution in [3.63, 3.8) is 0 Å². The van der Waals surface area contributed by atoms with Gasteiger partial charge in [0.15, 0.2) is 5.82 Å². The van der Waals surface area contributed by atoms with Gasteiger partial charge in [0, 0.05) is 19.1 Å². The van der Waals surface area contributed by atoms with Crippen molar-refractivity contribution < 1.29 is 4.74 Å². The summed E-state index contributed by atoms with van der Waals surface area (Å²) >= 11 is 0. The van der Waals surface area contributed by atoms with Crippen LogP contribution in [-0.4, -0.2) is 36.2 Å². The smallest absolute Gasteiger partial charge is 0.295 e. The lowest BCUT2D eigenvalue weighted by Gasteiger charge is -2.31. The molecule has 0 unspecified atom stereocenters. The van der Waals surface area contributed by atoms with Gasteiger partial charge in [0.2, 0.25) is 5.75 Å². The van der Waals surface area contributed by atoms with Crippen LogP contribution >= 0.6 is 0 Å². The molecule has 6 heteroatoms. The second-order valence-electron chi connectivity index (χ2n) is 3.94. The molecular formula is C10H16N4O2.